The van der Waals surface area contributed by atoms with Crippen LogP contribution in [0.1, 0.15) is 5.56 Å². The molecule has 0 amide bonds. The first-order valence-electron chi connectivity index (χ1n) is 5.82. The number of nitrogens with two attached hydrogens (primary N) is 1. The van der Waals surface area contributed by atoms with Crippen LogP contribution in [0.2, 0.25) is 0 Å². The summed E-state index contributed by atoms with van der Waals surface area (Å²) in [6.07, 6.45) is 1.24. The van der Waals surface area contributed by atoms with Crippen LogP contribution in [-0.2, 0) is 13.6 Å². The lowest BCUT2D eigenvalue weighted by Crippen LogP contribution is -2.40. The van der Waals surface area contributed by atoms with E-state index in [4.69, 9.17) is 10.5 Å². The van der Waals surface area contributed by atoms with E-state index in [1.807, 2.05) is 0 Å². The Morgan fingerprint density at radius 2 is 2.05 bits per heavy atom. The number of benzene rings is 1. The Hall–Kier alpha value is -2.57. The summed E-state index contributed by atoms with van der Waals surface area (Å²) in [6, 6.07) is 4.21. The molecule has 0 aliphatic heterocycles. The quantitative estimate of drug-likeness (QED) is 0.878. The van der Waals surface area contributed by atoms with E-state index >= 15 is 0 Å². The lowest BCUT2D eigenvalue weighted by Gasteiger charge is -2.10. The molecular weight excluding hydrogens is 265 g/mol. The maximum Gasteiger partial charge on any atom is 0.331 e. The zero-order valence-corrected chi connectivity index (χ0v) is 11.1. The van der Waals surface area contributed by atoms with Crippen LogP contribution in [-0.4, -0.2) is 16.2 Å². The van der Waals surface area contributed by atoms with Crippen molar-refractivity contribution in [3.05, 3.63) is 56.6 Å². The van der Waals surface area contributed by atoms with Crippen molar-refractivity contribution in [2.24, 2.45) is 7.05 Å². The molecule has 0 saturated heterocycles. The summed E-state index contributed by atoms with van der Waals surface area (Å²) in [7, 11) is 2.89. The molecule has 1 heterocycles. The maximum atomic E-state index is 13.9. The number of halogens is 1. The average molecular weight is 279 g/mol. The normalized spacial score (nSPS) is 10.6. The molecule has 0 unspecified atom stereocenters. The first-order valence-corrected chi connectivity index (χ1v) is 5.82. The van der Waals surface area contributed by atoms with Crippen molar-refractivity contribution in [3.8, 4) is 5.75 Å². The predicted octanol–water partition coefficient (Wildman–Crippen LogP) is 0.325. The Kier molecular flexibility index (Phi) is 3.60. The Morgan fingerprint density at radius 1 is 1.35 bits per heavy atom. The van der Waals surface area contributed by atoms with Crippen LogP contribution in [0.15, 0.2) is 34.0 Å². The van der Waals surface area contributed by atoms with Crippen LogP contribution < -0.4 is 21.7 Å². The summed E-state index contributed by atoms with van der Waals surface area (Å²) in [5.74, 6) is -0.195. The van der Waals surface area contributed by atoms with Gasteiger partial charge in [0, 0.05) is 24.9 Å². The lowest BCUT2D eigenvalue weighted by molar-refractivity contribution is 0.410. The Morgan fingerprint density at radius 3 is 2.65 bits per heavy atom. The van der Waals surface area contributed by atoms with E-state index in [-0.39, 0.29) is 17.8 Å². The van der Waals surface area contributed by atoms with Gasteiger partial charge in [-0.25, -0.2) is 9.18 Å². The van der Waals surface area contributed by atoms with Gasteiger partial charge in [-0.3, -0.25) is 9.36 Å². The van der Waals surface area contributed by atoms with E-state index in [1.54, 1.807) is 6.07 Å². The molecule has 0 atom stereocenters. The molecule has 2 rings (SSSR count). The third-order valence-electron chi connectivity index (χ3n) is 2.95. The van der Waals surface area contributed by atoms with Gasteiger partial charge in [0.1, 0.15) is 17.3 Å². The minimum absolute atomic E-state index is 0.0685. The zero-order valence-electron chi connectivity index (χ0n) is 11.1. The first kappa shape index (κ1) is 13.9. The number of methoxy groups -OCH3 is 1. The van der Waals surface area contributed by atoms with Crippen LogP contribution in [0.25, 0.3) is 0 Å². The lowest BCUT2D eigenvalue weighted by atomic mass is 10.2. The topological polar surface area (TPSA) is 79.2 Å². The number of rotatable bonds is 3. The van der Waals surface area contributed by atoms with Gasteiger partial charge in [-0.05, 0) is 6.07 Å². The summed E-state index contributed by atoms with van der Waals surface area (Å²) in [5.41, 5.74) is 4.46. The highest BCUT2D eigenvalue weighted by atomic mass is 19.1. The van der Waals surface area contributed by atoms with Gasteiger partial charge in [-0.2, -0.15) is 0 Å². The van der Waals surface area contributed by atoms with Crippen molar-refractivity contribution in [3.63, 3.8) is 0 Å². The van der Waals surface area contributed by atoms with Crippen molar-refractivity contribution in [2.75, 3.05) is 12.8 Å². The fourth-order valence-electron chi connectivity index (χ4n) is 1.85. The van der Waals surface area contributed by atoms with Crippen LogP contribution in [0, 0.1) is 5.82 Å². The second kappa shape index (κ2) is 5.20. The van der Waals surface area contributed by atoms with Gasteiger partial charge >= 0.3 is 5.69 Å². The number of hydrogen-bond donors (Lipinski definition) is 1. The predicted molar refractivity (Wildman–Crippen MR) is 72.4 cm³/mol. The molecule has 0 fully saturated rings. The van der Waals surface area contributed by atoms with Gasteiger partial charge < -0.3 is 15.0 Å². The van der Waals surface area contributed by atoms with Gasteiger partial charge in [-0.1, -0.05) is 6.07 Å². The fourth-order valence-corrected chi connectivity index (χ4v) is 1.85. The van der Waals surface area contributed by atoms with Crippen LogP contribution in [0.3, 0.4) is 0 Å². The standard InChI is InChI=1S/C13H14FN3O3/c1-16-7-11(15)12(18)17(13(16)19)6-8-3-4-9(20-2)5-10(8)14/h3-5,7H,6,15H2,1-2H3. The van der Waals surface area contributed by atoms with Gasteiger partial charge in [-0.15, -0.1) is 0 Å². The molecule has 1 aromatic heterocycles. The van der Waals surface area contributed by atoms with Crippen LogP contribution in [0.4, 0.5) is 10.1 Å². The number of nitrogens with zero attached hydrogens (tertiary/aromatic N) is 2. The molecule has 106 valence electrons. The van der Waals surface area contributed by atoms with E-state index in [9.17, 15) is 14.0 Å². The maximum absolute atomic E-state index is 13.9. The third kappa shape index (κ3) is 2.42. The van der Waals surface area contributed by atoms with E-state index in [0.29, 0.717) is 5.75 Å². The molecule has 7 heteroatoms. The van der Waals surface area contributed by atoms with Gasteiger partial charge in [0.2, 0.25) is 0 Å². The molecule has 2 aromatic rings. The largest absolute Gasteiger partial charge is 0.497 e. The minimum atomic E-state index is -0.636. The highest BCUT2D eigenvalue weighted by Crippen LogP contribution is 2.16. The van der Waals surface area contributed by atoms with E-state index < -0.39 is 17.1 Å². The molecule has 20 heavy (non-hydrogen) atoms. The number of aromatic nitrogens is 2. The molecule has 0 aliphatic carbocycles. The monoisotopic (exact) mass is 279 g/mol. The Balaban J connectivity index is 2.51. The molecule has 0 saturated carbocycles. The molecular formula is C13H14FN3O3. The van der Waals surface area contributed by atoms with Crippen molar-refractivity contribution < 1.29 is 9.13 Å². The van der Waals surface area contributed by atoms with Gasteiger partial charge in [0.05, 0.1) is 13.7 Å². The van der Waals surface area contributed by atoms with E-state index in [1.165, 1.54) is 37.1 Å². The Labute approximate surface area is 113 Å². The van der Waals surface area contributed by atoms with Crippen molar-refractivity contribution >= 4 is 5.69 Å². The first-order chi connectivity index (χ1) is 9.43. The molecule has 0 spiro atoms. The fraction of sp³-hybridized carbons (Fsp3) is 0.231. The zero-order chi connectivity index (χ0) is 14.9. The number of anilines is 1. The highest BCUT2D eigenvalue weighted by Gasteiger charge is 2.11. The van der Waals surface area contributed by atoms with Crippen molar-refractivity contribution in [1.82, 2.24) is 9.13 Å². The van der Waals surface area contributed by atoms with Crippen molar-refractivity contribution in [1.29, 1.82) is 0 Å². The Bertz CT molecular complexity index is 730. The molecule has 0 bridgehead atoms. The molecule has 2 N–H and O–H groups in total. The smallest absolute Gasteiger partial charge is 0.331 e. The summed E-state index contributed by atoms with van der Waals surface area (Å²) < 4.78 is 20.8. The highest BCUT2D eigenvalue weighted by molar-refractivity contribution is 5.32. The second-order valence-electron chi connectivity index (χ2n) is 4.33. The number of ether oxygens (including phenoxy) is 1. The summed E-state index contributed by atoms with van der Waals surface area (Å²) in [4.78, 5) is 23.8. The van der Waals surface area contributed by atoms with E-state index in [2.05, 4.69) is 0 Å². The summed E-state index contributed by atoms with van der Waals surface area (Å²) >= 11 is 0. The molecule has 6 nitrogen and oxygen atoms in total. The van der Waals surface area contributed by atoms with Crippen LogP contribution >= 0.6 is 0 Å². The average Bonchev–Trinajstić information content (AvgIpc) is 2.42. The molecule has 0 radical (unpaired) electrons. The van der Waals surface area contributed by atoms with Gasteiger partial charge in [0.15, 0.2) is 0 Å². The SMILES string of the molecule is COc1ccc(Cn2c(=O)c(N)cn(C)c2=O)c(F)c1. The number of hydrogen-bond acceptors (Lipinski definition) is 4. The molecule has 1 aromatic carbocycles. The number of nitrogen functional groups attached to an aromatic ring is 1. The van der Waals surface area contributed by atoms with E-state index in [0.717, 1.165) is 4.57 Å². The summed E-state index contributed by atoms with van der Waals surface area (Å²) in [5, 5.41) is 0. The minimum Gasteiger partial charge on any atom is -0.497 e. The van der Waals surface area contributed by atoms with Gasteiger partial charge in [0.25, 0.3) is 5.56 Å². The van der Waals surface area contributed by atoms with Crippen LogP contribution in [0.5, 0.6) is 5.75 Å². The van der Waals surface area contributed by atoms with Crippen molar-refractivity contribution in [2.45, 2.75) is 6.54 Å². The molecule has 0 aliphatic rings. The second-order valence-corrected chi connectivity index (χ2v) is 4.33. The number of aryl methyl sites for hydroxylation is 1. The third-order valence-corrected chi connectivity index (χ3v) is 2.95. The summed E-state index contributed by atoms with van der Waals surface area (Å²) in [6.45, 7) is -0.188.